The SMILES string of the molecule is C[C@H](NC(=O)Cn1c(=O)n(C)c2ccccc21)[C@@H]1CCCO1. The van der Waals surface area contributed by atoms with Gasteiger partial charge in [0, 0.05) is 13.7 Å². The number of aromatic nitrogens is 2. The van der Waals surface area contributed by atoms with Crippen molar-refractivity contribution in [3.63, 3.8) is 0 Å². The zero-order chi connectivity index (χ0) is 15.7. The van der Waals surface area contributed by atoms with Crippen LogP contribution < -0.4 is 11.0 Å². The quantitative estimate of drug-likeness (QED) is 0.917. The lowest BCUT2D eigenvalue weighted by Crippen LogP contribution is -2.43. The van der Waals surface area contributed by atoms with Crippen LogP contribution in [0.5, 0.6) is 0 Å². The first kappa shape index (κ1) is 14.8. The second kappa shape index (κ2) is 5.96. The lowest BCUT2D eigenvalue weighted by atomic mass is 10.1. The van der Waals surface area contributed by atoms with Crippen LogP contribution in [0, 0.1) is 0 Å². The Kier molecular flexibility index (Phi) is 4.02. The van der Waals surface area contributed by atoms with Gasteiger partial charge in [-0.3, -0.25) is 13.9 Å². The van der Waals surface area contributed by atoms with Crippen molar-refractivity contribution in [1.29, 1.82) is 0 Å². The topological polar surface area (TPSA) is 65.3 Å². The Morgan fingerprint density at radius 3 is 2.82 bits per heavy atom. The number of aryl methyl sites for hydroxylation is 1. The fourth-order valence-corrected chi connectivity index (χ4v) is 3.05. The molecule has 1 aromatic heterocycles. The van der Waals surface area contributed by atoms with E-state index in [1.807, 2.05) is 31.2 Å². The van der Waals surface area contributed by atoms with Gasteiger partial charge in [0.05, 0.1) is 23.2 Å². The fraction of sp³-hybridized carbons (Fsp3) is 0.500. The van der Waals surface area contributed by atoms with Gasteiger partial charge in [-0.05, 0) is 31.9 Å². The van der Waals surface area contributed by atoms with Gasteiger partial charge in [-0.25, -0.2) is 4.79 Å². The number of rotatable bonds is 4. The van der Waals surface area contributed by atoms with Gasteiger partial charge in [0.25, 0.3) is 0 Å². The van der Waals surface area contributed by atoms with Gasteiger partial charge in [-0.2, -0.15) is 0 Å². The molecule has 2 heterocycles. The molecule has 6 nitrogen and oxygen atoms in total. The molecule has 1 aliphatic heterocycles. The maximum atomic E-state index is 12.3. The minimum Gasteiger partial charge on any atom is -0.376 e. The summed E-state index contributed by atoms with van der Waals surface area (Å²) in [7, 11) is 1.72. The second-order valence-corrected chi connectivity index (χ2v) is 5.82. The van der Waals surface area contributed by atoms with Crippen molar-refractivity contribution in [2.45, 2.75) is 38.5 Å². The van der Waals surface area contributed by atoms with Crippen LogP contribution >= 0.6 is 0 Å². The van der Waals surface area contributed by atoms with E-state index in [-0.39, 0.29) is 30.3 Å². The highest BCUT2D eigenvalue weighted by molar-refractivity contribution is 5.81. The Morgan fingerprint density at radius 1 is 1.41 bits per heavy atom. The molecule has 2 atom stereocenters. The standard InChI is InChI=1S/C16H21N3O3/c1-11(14-8-5-9-22-14)17-15(20)10-19-13-7-4-3-6-12(13)18(2)16(19)21/h3-4,6-7,11,14H,5,8-10H2,1-2H3,(H,17,20)/t11-,14-/m0/s1. The third kappa shape index (κ3) is 2.66. The van der Waals surface area contributed by atoms with Gasteiger partial charge in [-0.15, -0.1) is 0 Å². The van der Waals surface area contributed by atoms with Crippen LogP contribution in [0.15, 0.2) is 29.1 Å². The highest BCUT2D eigenvalue weighted by Gasteiger charge is 2.24. The van der Waals surface area contributed by atoms with E-state index in [1.54, 1.807) is 11.6 Å². The van der Waals surface area contributed by atoms with Crippen molar-refractivity contribution >= 4 is 16.9 Å². The molecule has 0 aliphatic carbocycles. The summed E-state index contributed by atoms with van der Waals surface area (Å²) in [5, 5.41) is 2.94. The molecule has 0 spiro atoms. The minimum atomic E-state index is -0.180. The second-order valence-electron chi connectivity index (χ2n) is 5.82. The van der Waals surface area contributed by atoms with E-state index < -0.39 is 0 Å². The molecule has 0 saturated carbocycles. The monoisotopic (exact) mass is 303 g/mol. The summed E-state index contributed by atoms with van der Waals surface area (Å²) < 4.78 is 8.64. The largest absolute Gasteiger partial charge is 0.376 e. The predicted octanol–water partition coefficient (Wildman–Crippen LogP) is 1.02. The normalized spacial score (nSPS) is 19.5. The summed E-state index contributed by atoms with van der Waals surface area (Å²) in [6.45, 7) is 2.73. The van der Waals surface area contributed by atoms with Gasteiger partial charge in [0.1, 0.15) is 6.54 Å². The van der Waals surface area contributed by atoms with Crippen molar-refractivity contribution < 1.29 is 9.53 Å². The number of imidazole rings is 1. The lowest BCUT2D eigenvalue weighted by molar-refractivity contribution is -0.123. The number of fused-ring (bicyclic) bond motifs is 1. The summed E-state index contributed by atoms with van der Waals surface area (Å²) in [4.78, 5) is 24.5. The summed E-state index contributed by atoms with van der Waals surface area (Å²) in [6.07, 6.45) is 2.08. The summed E-state index contributed by atoms with van der Waals surface area (Å²) in [5.74, 6) is -0.165. The van der Waals surface area contributed by atoms with Gasteiger partial charge in [-0.1, -0.05) is 12.1 Å². The fourth-order valence-electron chi connectivity index (χ4n) is 3.05. The molecule has 1 aliphatic rings. The van der Waals surface area contributed by atoms with Gasteiger partial charge in [0.15, 0.2) is 0 Å². The number of benzene rings is 1. The number of ether oxygens (including phenoxy) is 1. The summed E-state index contributed by atoms with van der Waals surface area (Å²) in [5.41, 5.74) is 1.42. The minimum absolute atomic E-state index is 0.0250. The van der Waals surface area contributed by atoms with Gasteiger partial charge < -0.3 is 10.1 Å². The van der Waals surface area contributed by atoms with Crippen molar-refractivity contribution in [2.75, 3.05) is 6.61 Å². The van der Waals surface area contributed by atoms with E-state index in [0.29, 0.717) is 0 Å². The number of carbonyl (C=O) groups excluding carboxylic acids is 1. The van der Waals surface area contributed by atoms with Gasteiger partial charge >= 0.3 is 5.69 Å². The average Bonchev–Trinajstić information content (AvgIpc) is 3.12. The van der Waals surface area contributed by atoms with Crippen LogP contribution in [0.3, 0.4) is 0 Å². The molecule has 1 saturated heterocycles. The van der Waals surface area contributed by atoms with Crippen molar-refractivity contribution in [3.8, 4) is 0 Å². The Labute approximate surface area is 128 Å². The van der Waals surface area contributed by atoms with Crippen LogP contribution in [-0.4, -0.2) is 33.8 Å². The van der Waals surface area contributed by atoms with Crippen molar-refractivity contribution in [1.82, 2.24) is 14.5 Å². The maximum absolute atomic E-state index is 12.3. The molecule has 1 N–H and O–H groups in total. The first-order valence-corrected chi connectivity index (χ1v) is 7.63. The lowest BCUT2D eigenvalue weighted by Gasteiger charge is -2.20. The molecule has 1 fully saturated rings. The van der Waals surface area contributed by atoms with Crippen LogP contribution in [0.25, 0.3) is 11.0 Å². The zero-order valence-corrected chi connectivity index (χ0v) is 12.9. The molecule has 2 aromatic rings. The number of nitrogens with one attached hydrogen (secondary N) is 1. The molecule has 3 rings (SSSR count). The third-order valence-electron chi connectivity index (χ3n) is 4.26. The Hall–Kier alpha value is -2.08. The van der Waals surface area contributed by atoms with E-state index >= 15 is 0 Å². The van der Waals surface area contributed by atoms with Crippen molar-refractivity contribution in [3.05, 3.63) is 34.7 Å². The van der Waals surface area contributed by atoms with E-state index in [0.717, 1.165) is 30.5 Å². The number of para-hydroxylation sites is 2. The predicted molar refractivity (Wildman–Crippen MR) is 83.8 cm³/mol. The molecule has 0 bridgehead atoms. The summed E-state index contributed by atoms with van der Waals surface area (Å²) in [6, 6.07) is 7.44. The average molecular weight is 303 g/mol. The number of hydrogen-bond donors (Lipinski definition) is 1. The first-order chi connectivity index (χ1) is 10.6. The number of hydrogen-bond acceptors (Lipinski definition) is 3. The number of carbonyl (C=O) groups is 1. The molecule has 0 radical (unpaired) electrons. The van der Waals surface area contributed by atoms with Crippen LogP contribution in [0.1, 0.15) is 19.8 Å². The molecular formula is C16H21N3O3. The summed E-state index contributed by atoms with van der Waals surface area (Å²) >= 11 is 0. The highest BCUT2D eigenvalue weighted by atomic mass is 16.5. The van der Waals surface area contributed by atoms with Crippen LogP contribution in [-0.2, 0) is 23.1 Å². The maximum Gasteiger partial charge on any atom is 0.329 e. The van der Waals surface area contributed by atoms with E-state index in [9.17, 15) is 9.59 Å². The van der Waals surface area contributed by atoms with E-state index in [2.05, 4.69) is 5.32 Å². The van der Waals surface area contributed by atoms with E-state index in [1.165, 1.54) is 4.57 Å². The molecule has 1 aromatic carbocycles. The number of nitrogens with zero attached hydrogens (tertiary/aromatic N) is 2. The van der Waals surface area contributed by atoms with Crippen LogP contribution in [0.4, 0.5) is 0 Å². The molecule has 1 amide bonds. The molecule has 0 unspecified atom stereocenters. The Bertz CT molecular complexity index is 741. The smallest absolute Gasteiger partial charge is 0.329 e. The van der Waals surface area contributed by atoms with Crippen molar-refractivity contribution in [2.24, 2.45) is 7.05 Å². The molecule has 118 valence electrons. The zero-order valence-electron chi connectivity index (χ0n) is 12.9. The molecule has 22 heavy (non-hydrogen) atoms. The number of amides is 1. The highest BCUT2D eigenvalue weighted by Crippen LogP contribution is 2.15. The third-order valence-corrected chi connectivity index (χ3v) is 4.26. The first-order valence-electron chi connectivity index (χ1n) is 7.63. The molecule has 6 heteroatoms. The Balaban J connectivity index is 1.77. The van der Waals surface area contributed by atoms with E-state index in [4.69, 9.17) is 4.74 Å². The van der Waals surface area contributed by atoms with Crippen LogP contribution in [0.2, 0.25) is 0 Å². The molecular weight excluding hydrogens is 282 g/mol. The van der Waals surface area contributed by atoms with Gasteiger partial charge in [0.2, 0.25) is 5.91 Å². The Morgan fingerprint density at radius 2 is 2.14 bits per heavy atom.